The molecule has 29 heavy (non-hydrogen) atoms. The molecule has 0 aliphatic rings. The molecule has 2 aromatic heterocycles. The molecular weight excluding hydrogens is 360 g/mol. The minimum atomic E-state index is 0.266. The molecule has 0 aliphatic heterocycles. The van der Waals surface area contributed by atoms with Crippen molar-refractivity contribution in [1.29, 1.82) is 0 Å². The number of aromatic amines is 1. The van der Waals surface area contributed by atoms with Gasteiger partial charge in [-0.05, 0) is 62.0 Å². The van der Waals surface area contributed by atoms with Crippen LogP contribution < -0.4 is 5.73 Å². The van der Waals surface area contributed by atoms with Crippen molar-refractivity contribution in [2.24, 2.45) is 0 Å². The van der Waals surface area contributed by atoms with Crippen LogP contribution in [0.3, 0.4) is 0 Å². The highest BCUT2D eigenvalue weighted by atomic mass is 15.1. The normalized spacial score (nSPS) is 11.7. The van der Waals surface area contributed by atoms with Crippen LogP contribution in [0.25, 0.3) is 34.3 Å². The number of anilines is 1. The summed E-state index contributed by atoms with van der Waals surface area (Å²) in [5, 5.41) is 8.65. The van der Waals surface area contributed by atoms with Crippen molar-refractivity contribution in [2.45, 2.75) is 13.5 Å². The van der Waals surface area contributed by atoms with Crippen LogP contribution in [0.1, 0.15) is 22.4 Å². The summed E-state index contributed by atoms with van der Waals surface area (Å²) >= 11 is 0. The molecule has 0 radical (unpaired) electrons. The molecule has 6 heteroatoms. The number of aryl methyl sites for hydroxylation is 1. The van der Waals surface area contributed by atoms with Crippen molar-refractivity contribution in [1.82, 2.24) is 25.1 Å². The Bertz CT molecular complexity index is 1190. The van der Waals surface area contributed by atoms with Gasteiger partial charge in [-0.2, -0.15) is 5.10 Å². The van der Waals surface area contributed by atoms with E-state index in [1.807, 2.05) is 18.2 Å². The first-order valence-electron chi connectivity index (χ1n) is 9.49. The van der Waals surface area contributed by atoms with Crippen LogP contribution in [0.4, 0.5) is 5.95 Å². The predicted octanol–water partition coefficient (Wildman–Crippen LogP) is 4.14. The Morgan fingerprint density at radius 1 is 1.07 bits per heavy atom. The molecule has 3 N–H and O–H groups in total. The molecule has 0 amide bonds. The number of H-pyrrole nitrogens is 1. The van der Waals surface area contributed by atoms with E-state index in [9.17, 15) is 0 Å². The van der Waals surface area contributed by atoms with Crippen LogP contribution >= 0.6 is 0 Å². The average Bonchev–Trinajstić information content (AvgIpc) is 3.09. The van der Waals surface area contributed by atoms with E-state index in [0.717, 1.165) is 34.4 Å². The number of fused-ring (bicyclic) bond motifs is 1. The fourth-order valence-corrected chi connectivity index (χ4v) is 3.42. The number of nitrogens with one attached hydrogen (secondary N) is 1. The van der Waals surface area contributed by atoms with Crippen LogP contribution in [0, 0.1) is 6.92 Å². The number of rotatable bonds is 5. The summed E-state index contributed by atoms with van der Waals surface area (Å²) in [5.41, 5.74) is 13.1. The minimum Gasteiger partial charge on any atom is -0.368 e. The highest BCUT2D eigenvalue weighted by Gasteiger charge is 2.07. The Morgan fingerprint density at radius 3 is 2.69 bits per heavy atom. The van der Waals surface area contributed by atoms with E-state index in [1.54, 1.807) is 6.20 Å². The Morgan fingerprint density at radius 2 is 1.93 bits per heavy atom. The number of benzene rings is 2. The molecule has 0 saturated carbocycles. The molecule has 0 bridgehead atoms. The summed E-state index contributed by atoms with van der Waals surface area (Å²) in [6, 6.07) is 14.5. The lowest BCUT2D eigenvalue weighted by Crippen LogP contribution is -2.10. The average molecular weight is 384 g/mol. The topological polar surface area (TPSA) is 83.7 Å². The molecular formula is C23H24N6. The molecule has 146 valence electrons. The van der Waals surface area contributed by atoms with Crippen molar-refractivity contribution >= 4 is 29.0 Å². The maximum atomic E-state index is 5.70. The molecule has 0 atom stereocenters. The lowest BCUT2D eigenvalue weighted by atomic mass is 10.0. The first-order chi connectivity index (χ1) is 14.0. The molecule has 0 saturated heterocycles. The molecule has 2 heterocycles. The molecule has 2 aromatic carbocycles. The van der Waals surface area contributed by atoms with Crippen molar-refractivity contribution in [3.63, 3.8) is 0 Å². The van der Waals surface area contributed by atoms with Gasteiger partial charge in [-0.1, -0.05) is 30.3 Å². The third-order valence-electron chi connectivity index (χ3n) is 4.82. The van der Waals surface area contributed by atoms with E-state index in [2.05, 4.69) is 82.5 Å². The van der Waals surface area contributed by atoms with Gasteiger partial charge in [-0.25, -0.2) is 9.97 Å². The van der Waals surface area contributed by atoms with Gasteiger partial charge in [0.15, 0.2) is 0 Å². The van der Waals surface area contributed by atoms with Crippen LogP contribution in [-0.2, 0) is 6.54 Å². The number of nitrogens with zero attached hydrogens (tertiary/aromatic N) is 4. The second-order valence-electron chi connectivity index (χ2n) is 7.43. The zero-order valence-corrected chi connectivity index (χ0v) is 16.8. The van der Waals surface area contributed by atoms with E-state index >= 15 is 0 Å². The zero-order chi connectivity index (χ0) is 20.4. The summed E-state index contributed by atoms with van der Waals surface area (Å²) in [6.07, 6.45) is 5.83. The van der Waals surface area contributed by atoms with Gasteiger partial charge < -0.3 is 10.6 Å². The van der Waals surface area contributed by atoms with Crippen molar-refractivity contribution in [3.05, 3.63) is 71.0 Å². The Labute approximate surface area is 170 Å². The van der Waals surface area contributed by atoms with Gasteiger partial charge in [0.25, 0.3) is 0 Å². The van der Waals surface area contributed by atoms with Gasteiger partial charge in [0.2, 0.25) is 5.95 Å². The number of hydrogen-bond acceptors (Lipinski definition) is 5. The van der Waals surface area contributed by atoms with Gasteiger partial charge >= 0.3 is 0 Å². The Hall–Kier alpha value is -3.51. The van der Waals surface area contributed by atoms with Gasteiger partial charge in [0, 0.05) is 23.7 Å². The summed E-state index contributed by atoms with van der Waals surface area (Å²) in [7, 11) is 4.16. The molecule has 4 rings (SSSR count). The largest absolute Gasteiger partial charge is 0.368 e. The highest BCUT2D eigenvalue weighted by molar-refractivity contribution is 5.91. The maximum Gasteiger partial charge on any atom is 0.220 e. The first-order valence-corrected chi connectivity index (χ1v) is 9.49. The van der Waals surface area contributed by atoms with Crippen molar-refractivity contribution in [3.8, 4) is 11.3 Å². The molecule has 0 fully saturated rings. The monoisotopic (exact) mass is 384 g/mol. The summed E-state index contributed by atoms with van der Waals surface area (Å²) in [5.74, 6) is 0.266. The van der Waals surface area contributed by atoms with Gasteiger partial charge in [0.05, 0.1) is 16.9 Å². The van der Waals surface area contributed by atoms with Crippen LogP contribution in [0.5, 0.6) is 0 Å². The fourth-order valence-electron chi connectivity index (χ4n) is 3.42. The SMILES string of the molecule is Cc1cc(CN(C)C)ccc1/C=C/c1n[nH]c2cc(-c3ccnc(N)n3)ccc12. The number of aromatic nitrogens is 4. The number of nitrogens with two attached hydrogens (primary N) is 1. The summed E-state index contributed by atoms with van der Waals surface area (Å²) in [6.45, 7) is 3.08. The lowest BCUT2D eigenvalue weighted by Gasteiger charge is -2.11. The molecule has 0 unspecified atom stereocenters. The molecule has 0 spiro atoms. The third kappa shape index (κ3) is 4.17. The fraction of sp³-hybridized carbons (Fsp3) is 0.174. The summed E-state index contributed by atoms with van der Waals surface area (Å²) in [4.78, 5) is 10.4. The Balaban J connectivity index is 1.60. The van der Waals surface area contributed by atoms with E-state index < -0.39 is 0 Å². The predicted molar refractivity (Wildman–Crippen MR) is 119 cm³/mol. The van der Waals surface area contributed by atoms with Gasteiger partial charge in [-0.3, -0.25) is 5.10 Å². The van der Waals surface area contributed by atoms with Crippen LogP contribution in [-0.4, -0.2) is 39.2 Å². The standard InChI is InChI=1S/C23H24N6/c1-15-12-16(14-29(2)3)4-5-17(15)7-9-21-19-8-6-18(13-22(19)28-27-21)20-10-11-25-23(24)26-20/h4-13H,14H2,1-3H3,(H,27,28)(H2,24,25,26)/b9-7+. The van der Waals surface area contributed by atoms with Crippen LogP contribution in [0.15, 0.2) is 48.7 Å². The minimum absolute atomic E-state index is 0.266. The van der Waals surface area contributed by atoms with E-state index in [1.165, 1.54) is 16.7 Å². The second kappa shape index (κ2) is 7.85. The van der Waals surface area contributed by atoms with Crippen molar-refractivity contribution < 1.29 is 0 Å². The number of nitrogen functional groups attached to an aromatic ring is 1. The number of hydrogen-bond donors (Lipinski definition) is 2. The van der Waals surface area contributed by atoms with E-state index in [0.29, 0.717) is 0 Å². The molecule has 6 nitrogen and oxygen atoms in total. The highest BCUT2D eigenvalue weighted by Crippen LogP contribution is 2.25. The summed E-state index contributed by atoms with van der Waals surface area (Å²) < 4.78 is 0. The molecule has 0 aliphatic carbocycles. The van der Waals surface area contributed by atoms with Gasteiger partial charge in [0.1, 0.15) is 0 Å². The third-order valence-corrected chi connectivity index (χ3v) is 4.82. The lowest BCUT2D eigenvalue weighted by molar-refractivity contribution is 0.402. The van der Waals surface area contributed by atoms with E-state index in [4.69, 9.17) is 5.73 Å². The zero-order valence-electron chi connectivity index (χ0n) is 16.8. The molecule has 4 aromatic rings. The van der Waals surface area contributed by atoms with Crippen molar-refractivity contribution in [2.75, 3.05) is 19.8 Å². The smallest absolute Gasteiger partial charge is 0.220 e. The first kappa shape index (κ1) is 18.8. The van der Waals surface area contributed by atoms with Crippen LogP contribution in [0.2, 0.25) is 0 Å². The van der Waals surface area contributed by atoms with E-state index in [-0.39, 0.29) is 5.95 Å². The second-order valence-corrected chi connectivity index (χ2v) is 7.43. The Kier molecular flexibility index (Phi) is 5.10. The quantitative estimate of drug-likeness (QED) is 0.540. The maximum absolute atomic E-state index is 5.70. The van der Waals surface area contributed by atoms with Gasteiger partial charge in [-0.15, -0.1) is 0 Å².